The molecule has 0 unspecified atom stereocenters. The van der Waals surface area contributed by atoms with E-state index in [0.29, 0.717) is 24.4 Å². The van der Waals surface area contributed by atoms with Crippen LogP contribution in [-0.4, -0.2) is 111 Å². The topological polar surface area (TPSA) is 163 Å². The summed E-state index contributed by atoms with van der Waals surface area (Å²) in [6, 6.07) is 0. The van der Waals surface area contributed by atoms with E-state index in [0.717, 1.165) is 0 Å². The quantitative estimate of drug-likeness (QED) is 0.107. The molecule has 0 saturated heterocycles. The van der Waals surface area contributed by atoms with Crippen molar-refractivity contribution in [3.63, 3.8) is 0 Å². The molecule has 0 aromatic heterocycles. The standard InChI is InChI=1S/C13H30N4O7/c18-5-14-3-1-12(16(8-21)9-22)13(17(10-23)11-24)2-4-15(6-19)7-20/h14,18-24H,1-11H2. The van der Waals surface area contributed by atoms with Crippen molar-refractivity contribution in [2.45, 2.75) is 12.8 Å². The van der Waals surface area contributed by atoms with Gasteiger partial charge in [0.25, 0.3) is 0 Å². The van der Waals surface area contributed by atoms with Gasteiger partial charge in [0.15, 0.2) is 0 Å². The second-order valence-electron chi connectivity index (χ2n) is 4.87. The molecule has 0 fully saturated rings. The summed E-state index contributed by atoms with van der Waals surface area (Å²) in [5.74, 6) is 0. The second kappa shape index (κ2) is 14.3. The first-order valence-electron chi connectivity index (χ1n) is 7.54. The van der Waals surface area contributed by atoms with Crippen LogP contribution in [0.1, 0.15) is 12.8 Å². The molecule has 0 aromatic carbocycles. The summed E-state index contributed by atoms with van der Waals surface area (Å²) < 4.78 is 0. The van der Waals surface area contributed by atoms with E-state index in [4.69, 9.17) is 15.3 Å². The van der Waals surface area contributed by atoms with Crippen LogP contribution in [0.2, 0.25) is 0 Å². The van der Waals surface area contributed by atoms with Crippen molar-refractivity contribution in [3.05, 3.63) is 11.4 Å². The molecule has 0 rings (SSSR count). The predicted octanol–water partition coefficient (Wildman–Crippen LogP) is -3.88. The van der Waals surface area contributed by atoms with Crippen LogP contribution in [0.15, 0.2) is 11.4 Å². The number of hydrogen-bond donors (Lipinski definition) is 8. The molecule has 24 heavy (non-hydrogen) atoms. The van der Waals surface area contributed by atoms with E-state index in [1.807, 2.05) is 0 Å². The van der Waals surface area contributed by atoms with Gasteiger partial charge in [0.2, 0.25) is 0 Å². The van der Waals surface area contributed by atoms with E-state index < -0.39 is 26.9 Å². The zero-order valence-corrected chi connectivity index (χ0v) is 13.8. The van der Waals surface area contributed by atoms with Crippen molar-refractivity contribution in [1.82, 2.24) is 20.0 Å². The van der Waals surface area contributed by atoms with Gasteiger partial charge in [-0.2, -0.15) is 0 Å². The summed E-state index contributed by atoms with van der Waals surface area (Å²) in [7, 11) is 0. The normalized spacial score (nSPS) is 12.5. The molecule has 0 aromatic rings. The van der Waals surface area contributed by atoms with Gasteiger partial charge in [0.05, 0.1) is 20.2 Å². The average molecular weight is 354 g/mol. The van der Waals surface area contributed by atoms with Gasteiger partial charge < -0.3 is 45.5 Å². The van der Waals surface area contributed by atoms with Crippen LogP contribution < -0.4 is 5.32 Å². The largest absolute Gasteiger partial charge is 0.381 e. The van der Waals surface area contributed by atoms with E-state index >= 15 is 0 Å². The SMILES string of the molecule is OCNCCC(=C(CCN(CO)CO)N(CO)CO)N(CO)CO. The molecule has 11 nitrogen and oxygen atoms in total. The Balaban J connectivity index is 5.54. The van der Waals surface area contributed by atoms with Crippen LogP contribution in [-0.2, 0) is 0 Å². The number of aliphatic hydroxyl groups is 7. The summed E-state index contributed by atoms with van der Waals surface area (Å²) in [5.41, 5.74) is 0.898. The monoisotopic (exact) mass is 354 g/mol. The summed E-state index contributed by atoms with van der Waals surface area (Å²) in [5, 5.41) is 67.5. The van der Waals surface area contributed by atoms with Gasteiger partial charge >= 0.3 is 0 Å². The van der Waals surface area contributed by atoms with Gasteiger partial charge in [-0.1, -0.05) is 0 Å². The van der Waals surface area contributed by atoms with E-state index in [2.05, 4.69) is 5.32 Å². The summed E-state index contributed by atoms with van der Waals surface area (Å²) in [6.07, 6.45) is 0.527. The first kappa shape index (κ1) is 23.0. The minimum absolute atomic E-state index is 0.223. The number of aliphatic hydroxyl groups excluding tert-OH is 7. The Morgan fingerprint density at radius 1 is 0.625 bits per heavy atom. The molecule has 11 heteroatoms. The highest BCUT2D eigenvalue weighted by Gasteiger charge is 2.19. The zero-order valence-electron chi connectivity index (χ0n) is 13.8. The Morgan fingerprint density at radius 3 is 1.46 bits per heavy atom. The maximum Gasteiger partial charge on any atom is 0.117 e. The van der Waals surface area contributed by atoms with Crippen molar-refractivity contribution in [1.29, 1.82) is 0 Å². The van der Waals surface area contributed by atoms with Gasteiger partial charge in [0, 0.05) is 37.3 Å². The highest BCUT2D eigenvalue weighted by Crippen LogP contribution is 2.20. The molecule has 0 bridgehead atoms. The van der Waals surface area contributed by atoms with E-state index in [9.17, 15) is 20.4 Å². The lowest BCUT2D eigenvalue weighted by molar-refractivity contribution is 0.0163. The molecule has 0 saturated carbocycles. The molecular weight excluding hydrogens is 324 g/mol. The molecule has 8 N–H and O–H groups in total. The van der Waals surface area contributed by atoms with Gasteiger partial charge in [-0.15, -0.1) is 0 Å². The summed E-state index contributed by atoms with van der Waals surface area (Å²) in [6.45, 7) is -2.38. The minimum Gasteiger partial charge on any atom is -0.381 e. The fourth-order valence-corrected chi connectivity index (χ4v) is 2.14. The number of rotatable bonds is 15. The predicted molar refractivity (Wildman–Crippen MR) is 84.2 cm³/mol. The molecule has 0 aliphatic carbocycles. The van der Waals surface area contributed by atoms with Crippen molar-refractivity contribution < 1.29 is 35.7 Å². The molecule has 0 aliphatic heterocycles. The van der Waals surface area contributed by atoms with Crippen LogP contribution in [0.4, 0.5) is 0 Å². The average Bonchev–Trinajstić information content (AvgIpc) is 2.61. The van der Waals surface area contributed by atoms with Crippen molar-refractivity contribution >= 4 is 0 Å². The van der Waals surface area contributed by atoms with Crippen LogP contribution >= 0.6 is 0 Å². The fourth-order valence-electron chi connectivity index (χ4n) is 2.14. The lowest BCUT2D eigenvalue weighted by Crippen LogP contribution is -2.36. The number of nitrogens with zero attached hydrogens (tertiary/aromatic N) is 3. The molecule has 0 amide bonds. The summed E-state index contributed by atoms with van der Waals surface area (Å²) in [4.78, 5) is 3.80. The first-order valence-corrected chi connectivity index (χ1v) is 7.54. The van der Waals surface area contributed by atoms with Crippen LogP contribution in [0.25, 0.3) is 0 Å². The molecular formula is C13H30N4O7. The smallest absolute Gasteiger partial charge is 0.117 e. The molecule has 144 valence electrons. The highest BCUT2D eigenvalue weighted by atomic mass is 16.3. The molecule has 0 spiro atoms. The number of hydrogen-bond acceptors (Lipinski definition) is 11. The van der Waals surface area contributed by atoms with Crippen LogP contribution in [0, 0.1) is 0 Å². The third-order valence-corrected chi connectivity index (χ3v) is 3.49. The van der Waals surface area contributed by atoms with Gasteiger partial charge in [-0.25, -0.2) is 0 Å². The Morgan fingerprint density at radius 2 is 1.08 bits per heavy atom. The molecule has 0 heterocycles. The maximum absolute atomic E-state index is 9.44. The zero-order chi connectivity index (χ0) is 18.4. The van der Waals surface area contributed by atoms with Gasteiger partial charge in [-0.05, 0) is 0 Å². The Labute approximate surface area is 141 Å². The van der Waals surface area contributed by atoms with Gasteiger partial charge in [-0.3, -0.25) is 10.2 Å². The number of nitrogens with one attached hydrogen (secondary N) is 1. The third-order valence-electron chi connectivity index (χ3n) is 3.49. The Kier molecular flexibility index (Phi) is 13.7. The van der Waals surface area contributed by atoms with Crippen molar-refractivity contribution in [3.8, 4) is 0 Å². The Bertz CT molecular complexity index is 334. The fraction of sp³-hybridized carbons (Fsp3) is 0.846. The first-order chi connectivity index (χ1) is 11.6. The van der Waals surface area contributed by atoms with Crippen LogP contribution in [0.5, 0.6) is 0 Å². The van der Waals surface area contributed by atoms with Crippen molar-refractivity contribution in [2.75, 3.05) is 60.2 Å². The Hall–Kier alpha value is -1.02. The summed E-state index contributed by atoms with van der Waals surface area (Å²) >= 11 is 0. The van der Waals surface area contributed by atoms with Crippen molar-refractivity contribution in [2.24, 2.45) is 0 Å². The van der Waals surface area contributed by atoms with E-state index in [1.54, 1.807) is 0 Å². The lowest BCUT2D eigenvalue weighted by atomic mass is 10.1. The van der Waals surface area contributed by atoms with Crippen LogP contribution in [0.3, 0.4) is 0 Å². The lowest BCUT2D eigenvalue weighted by Gasteiger charge is -2.32. The second-order valence-corrected chi connectivity index (χ2v) is 4.87. The minimum atomic E-state index is -0.494. The van der Waals surface area contributed by atoms with Gasteiger partial charge in [0.1, 0.15) is 26.9 Å². The molecule has 0 aliphatic rings. The highest BCUT2D eigenvalue weighted by molar-refractivity contribution is 5.13. The molecule has 0 atom stereocenters. The third kappa shape index (κ3) is 7.70. The van der Waals surface area contributed by atoms with E-state index in [1.165, 1.54) is 14.7 Å². The molecule has 0 radical (unpaired) electrons. The van der Waals surface area contributed by atoms with E-state index in [-0.39, 0.29) is 33.2 Å². The maximum atomic E-state index is 9.44.